The van der Waals surface area contributed by atoms with E-state index < -0.39 is 44.7 Å². The smallest absolute Gasteiger partial charge is 0.269 e. The van der Waals surface area contributed by atoms with Crippen LogP contribution in [0.4, 0.5) is 5.69 Å². The zero-order valence-corrected chi connectivity index (χ0v) is 42.3. The molecule has 2 amide bonds. The predicted octanol–water partition coefficient (Wildman–Crippen LogP) is 8.94. The molecule has 4 atom stereocenters. The van der Waals surface area contributed by atoms with Gasteiger partial charge in [0.15, 0.2) is 11.6 Å². The lowest BCUT2D eigenvalue weighted by Crippen LogP contribution is -2.35. The SMILES string of the molecule is CCc1csc([C@H](Cc2ccc(CS(=O)(=O)O)cc2)NC(=O)C(Cc2ccccc2)c2nc(C)no2)n1.CCc1csc([C@H](Cc2ccc([N+](=O)[O-])cc2)NC(=O)C(Cc2ccccc2)c2nc(C)no2)n1. The molecule has 0 aliphatic heterocycles. The van der Waals surface area contributed by atoms with Crippen molar-refractivity contribution in [1.29, 1.82) is 0 Å². The van der Waals surface area contributed by atoms with Crippen LogP contribution in [0.1, 0.15) is 110 Å². The van der Waals surface area contributed by atoms with Crippen molar-refractivity contribution in [3.8, 4) is 0 Å². The van der Waals surface area contributed by atoms with Gasteiger partial charge in [-0.25, -0.2) is 9.97 Å². The molecule has 8 rings (SSSR count). The first-order chi connectivity index (χ1) is 34.6. The second-order valence-electron chi connectivity index (χ2n) is 16.9. The highest BCUT2D eigenvalue weighted by Crippen LogP contribution is 2.29. The third kappa shape index (κ3) is 15.1. The van der Waals surface area contributed by atoms with Gasteiger partial charge < -0.3 is 19.7 Å². The largest absolute Gasteiger partial charge is 0.346 e. The lowest BCUT2D eigenvalue weighted by atomic mass is 9.97. The maximum absolute atomic E-state index is 13.7. The van der Waals surface area contributed by atoms with Gasteiger partial charge in [-0.2, -0.15) is 18.4 Å². The molecule has 4 aromatic carbocycles. The fraction of sp³-hybridized carbons (Fsp3) is 0.294. The molecule has 4 aromatic heterocycles. The minimum absolute atomic E-state index is 0.0199. The number of carbonyl (C=O) groups excluding carboxylic acids is 2. The molecule has 21 heteroatoms. The lowest BCUT2D eigenvalue weighted by Gasteiger charge is -2.20. The van der Waals surface area contributed by atoms with Gasteiger partial charge in [-0.1, -0.05) is 121 Å². The van der Waals surface area contributed by atoms with Gasteiger partial charge in [0, 0.05) is 22.9 Å². The molecule has 8 aromatic rings. The van der Waals surface area contributed by atoms with Crippen LogP contribution < -0.4 is 10.6 Å². The van der Waals surface area contributed by atoms with Gasteiger partial charge in [-0.05, 0) is 80.2 Å². The number of thiazole rings is 2. The number of hydrogen-bond donors (Lipinski definition) is 3. The molecule has 72 heavy (non-hydrogen) atoms. The van der Waals surface area contributed by atoms with E-state index in [0.717, 1.165) is 56.5 Å². The first kappa shape index (κ1) is 52.5. The average Bonchev–Trinajstić information content (AvgIpc) is 4.22. The second-order valence-corrected chi connectivity index (χ2v) is 20.1. The molecule has 0 aliphatic carbocycles. The van der Waals surface area contributed by atoms with Crippen molar-refractivity contribution in [2.45, 2.75) is 95.9 Å². The summed E-state index contributed by atoms with van der Waals surface area (Å²) in [6.07, 6.45) is 3.23. The summed E-state index contributed by atoms with van der Waals surface area (Å²) in [7, 11) is -4.12. The van der Waals surface area contributed by atoms with Crippen molar-refractivity contribution in [2.24, 2.45) is 0 Å². The molecular weight excluding hydrogens is 979 g/mol. The summed E-state index contributed by atoms with van der Waals surface area (Å²) in [5.41, 5.74) is 6.05. The number of nitro groups is 1. The summed E-state index contributed by atoms with van der Waals surface area (Å²) in [6.45, 7) is 7.47. The Balaban J connectivity index is 0.000000212. The first-order valence-corrected chi connectivity index (χ1v) is 26.4. The fourth-order valence-corrected chi connectivity index (χ4v) is 10.2. The van der Waals surface area contributed by atoms with Crippen LogP contribution in [0.5, 0.6) is 0 Å². The number of nitro benzene ring substituents is 1. The van der Waals surface area contributed by atoms with Crippen molar-refractivity contribution in [1.82, 2.24) is 40.9 Å². The monoisotopic (exact) mass is 1030 g/mol. The molecular formula is C51H53N9O9S3. The van der Waals surface area contributed by atoms with Gasteiger partial charge in [0.2, 0.25) is 23.6 Å². The second kappa shape index (κ2) is 24.7. The summed E-state index contributed by atoms with van der Waals surface area (Å²) < 4.78 is 42.3. The summed E-state index contributed by atoms with van der Waals surface area (Å²) >= 11 is 2.96. The number of aryl methyl sites for hydroxylation is 4. The maximum Gasteiger partial charge on any atom is 0.269 e. The normalized spacial score (nSPS) is 13.0. The number of hydrogen-bond acceptors (Lipinski definition) is 16. The molecule has 0 radical (unpaired) electrons. The number of benzene rings is 4. The highest BCUT2D eigenvalue weighted by Gasteiger charge is 2.32. The van der Waals surface area contributed by atoms with Crippen molar-refractivity contribution < 1.29 is 36.5 Å². The molecule has 0 saturated heterocycles. The van der Waals surface area contributed by atoms with E-state index in [1.165, 1.54) is 34.8 Å². The zero-order chi connectivity index (χ0) is 51.2. The van der Waals surface area contributed by atoms with Crippen LogP contribution in [0.2, 0.25) is 0 Å². The third-order valence-electron chi connectivity index (χ3n) is 11.4. The zero-order valence-electron chi connectivity index (χ0n) is 39.9. The van der Waals surface area contributed by atoms with Gasteiger partial charge in [0.05, 0.1) is 28.4 Å². The standard InChI is InChI=1S/C26H28N4O5S2.C25H25N5O4S/c1-3-21-15-36-26(28-21)23(14-19-9-11-20(12-10-19)16-37(32,33)34)29-24(31)22(25-27-17(2)30-35-25)13-18-7-5-4-6-8-18;1-3-19-15-35-25(27-19)22(14-18-9-11-20(12-10-18)30(32)33)28-23(31)21(24-26-16(2)29-34-24)13-17-7-5-4-6-8-17/h4-12,15,22-23H,3,13-14,16H2,1-2H3,(H,29,31)(H,32,33,34);4-12,15,21-22H,3,13-14H2,1-2H3,(H,28,31)/t22?,23-;21?,22-/m00/s1. The molecule has 0 saturated carbocycles. The Hall–Kier alpha value is -7.33. The number of nitrogens with one attached hydrogen (secondary N) is 2. The van der Waals surface area contributed by atoms with Crippen LogP contribution in [0.25, 0.3) is 0 Å². The van der Waals surface area contributed by atoms with Gasteiger partial charge in [-0.3, -0.25) is 24.3 Å². The van der Waals surface area contributed by atoms with Crippen LogP contribution in [-0.4, -0.2) is 60.0 Å². The number of amides is 2. The van der Waals surface area contributed by atoms with E-state index >= 15 is 0 Å². The number of non-ortho nitro benzene ring substituents is 1. The molecule has 4 heterocycles. The van der Waals surface area contributed by atoms with Crippen LogP contribution in [0.15, 0.2) is 129 Å². The van der Waals surface area contributed by atoms with Crippen LogP contribution >= 0.6 is 22.7 Å². The Labute approximate surface area is 424 Å². The minimum atomic E-state index is -4.12. The van der Waals surface area contributed by atoms with E-state index in [9.17, 15) is 28.1 Å². The summed E-state index contributed by atoms with van der Waals surface area (Å²) in [5, 5.41) is 30.5. The summed E-state index contributed by atoms with van der Waals surface area (Å²) in [5.74, 6) is -0.906. The van der Waals surface area contributed by atoms with E-state index in [0.29, 0.717) is 42.9 Å². The highest BCUT2D eigenvalue weighted by atomic mass is 32.2. The lowest BCUT2D eigenvalue weighted by molar-refractivity contribution is -0.384. The van der Waals surface area contributed by atoms with E-state index in [4.69, 9.17) is 18.6 Å². The van der Waals surface area contributed by atoms with Crippen molar-refractivity contribution in [3.63, 3.8) is 0 Å². The Morgan fingerprint density at radius 3 is 1.35 bits per heavy atom. The van der Waals surface area contributed by atoms with E-state index in [1.54, 1.807) is 50.2 Å². The minimum Gasteiger partial charge on any atom is -0.346 e. The first-order valence-electron chi connectivity index (χ1n) is 23.1. The van der Waals surface area contributed by atoms with Crippen LogP contribution in [-0.2, 0) is 64.0 Å². The quantitative estimate of drug-likeness (QED) is 0.0345. The van der Waals surface area contributed by atoms with Gasteiger partial charge in [0.25, 0.3) is 15.8 Å². The Morgan fingerprint density at radius 1 is 0.611 bits per heavy atom. The molecule has 0 aliphatic rings. The van der Waals surface area contributed by atoms with E-state index in [1.807, 2.05) is 85.3 Å². The van der Waals surface area contributed by atoms with Crippen LogP contribution in [0.3, 0.4) is 0 Å². The van der Waals surface area contributed by atoms with Crippen LogP contribution in [0, 0.1) is 24.0 Å². The molecule has 374 valence electrons. The number of rotatable bonds is 21. The molecule has 18 nitrogen and oxygen atoms in total. The molecule has 0 spiro atoms. The topological polar surface area (TPSA) is 259 Å². The molecule has 2 unspecified atom stereocenters. The Bertz CT molecular complexity index is 3140. The van der Waals surface area contributed by atoms with E-state index in [-0.39, 0.29) is 29.3 Å². The van der Waals surface area contributed by atoms with Gasteiger partial charge in [0.1, 0.15) is 27.6 Å². The number of aromatic nitrogens is 6. The number of carbonyl (C=O) groups is 2. The summed E-state index contributed by atoms with van der Waals surface area (Å²) in [4.78, 5) is 55.9. The van der Waals surface area contributed by atoms with Crippen molar-refractivity contribution in [2.75, 3.05) is 0 Å². The maximum atomic E-state index is 13.7. The van der Waals surface area contributed by atoms with Gasteiger partial charge >= 0.3 is 0 Å². The predicted molar refractivity (Wildman–Crippen MR) is 271 cm³/mol. The molecule has 3 N–H and O–H groups in total. The summed E-state index contributed by atoms with van der Waals surface area (Å²) in [6, 6.07) is 31.7. The van der Waals surface area contributed by atoms with Gasteiger partial charge in [-0.15, -0.1) is 22.7 Å². The van der Waals surface area contributed by atoms with E-state index in [2.05, 4.69) is 35.9 Å². The molecule has 0 fully saturated rings. The Morgan fingerprint density at radius 2 is 1.00 bits per heavy atom. The van der Waals surface area contributed by atoms with Crippen molar-refractivity contribution in [3.05, 3.63) is 203 Å². The highest BCUT2D eigenvalue weighted by molar-refractivity contribution is 7.85. The van der Waals surface area contributed by atoms with Crippen molar-refractivity contribution >= 4 is 50.3 Å². The number of nitrogens with zero attached hydrogens (tertiary/aromatic N) is 7. The Kier molecular flexibility index (Phi) is 18.0. The third-order valence-corrected chi connectivity index (χ3v) is 14.1. The average molecular weight is 1030 g/mol. The fourth-order valence-electron chi connectivity index (χ4n) is 7.64. The molecule has 0 bridgehead atoms.